The van der Waals surface area contributed by atoms with Gasteiger partial charge in [-0.15, -0.1) is 0 Å². The van der Waals surface area contributed by atoms with E-state index in [9.17, 15) is 0 Å². The molecule has 0 aromatic heterocycles. The summed E-state index contributed by atoms with van der Waals surface area (Å²) in [4.78, 5) is 0. The maximum atomic E-state index is 3.59. The number of hydrogen-bond donors (Lipinski definition) is 1. The predicted octanol–water partition coefficient (Wildman–Crippen LogP) is 3.59. The van der Waals surface area contributed by atoms with Gasteiger partial charge < -0.3 is 5.32 Å². The highest BCUT2D eigenvalue weighted by Crippen LogP contribution is 2.21. The van der Waals surface area contributed by atoms with Gasteiger partial charge in [0.1, 0.15) is 0 Å². The van der Waals surface area contributed by atoms with Crippen molar-refractivity contribution in [1.82, 2.24) is 5.32 Å². The number of nitrogens with one attached hydrogen (secondary N) is 1. The van der Waals surface area contributed by atoms with E-state index in [1.54, 1.807) is 0 Å². The van der Waals surface area contributed by atoms with E-state index in [-0.39, 0.29) is 0 Å². The van der Waals surface area contributed by atoms with Crippen LogP contribution in [0.5, 0.6) is 0 Å². The fraction of sp³-hybridized carbons (Fsp3) is 1.00. The summed E-state index contributed by atoms with van der Waals surface area (Å²) in [6.45, 7) is 8.33. The van der Waals surface area contributed by atoms with Crippen molar-refractivity contribution in [2.45, 2.75) is 65.3 Å². The van der Waals surface area contributed by atoms with Crippen LogP contribution in [0, 0.1) is 11.8 Å². The van der Waals surface area contributed by atoms with Gasteiger partial charge in [0.25, 0.3) is 0 Å². The number of rotatable bonds is 8. The summed E-state index contributed by atoms with van der Waals surface area (Å²) in [5.74, 6) is 1.83. The van der Waals surface area contributed by atoms with Crippen molar-refractivity contribution in [2.75, 3.05) is 6.54 Å². The Balaban J connectivity index is 1.93. The zero-order chi connectivity index (χ0) is 10.4. The zero-order valence-electron chi connectivity index (χ0n) is 10.2. The van der Waals surface area contributed by atoms with Crippen LogP contribution in [0.25, 0.3) is 0 Å². The van der Waals surface area contributed by atoms with Crippen molar-refractivity contribution >= 4 is 0 Å². The minimum absolute atomic E-state index is 0.885. The minimum Gasteiger partial charge on any atom is -0.314 e. The lowest BCUT2D eigenvalue weighted by atomic mass is 9.92. The second-order valence-electron chi connectivity index (χ2n) is 5.25. The van der Waals surface area contributed by atoms with Crippen LogP contribution in [0.3, 0.4) is 0 Å². The summed E-state index contributed by atoms with van der Waals surface area (Å²) in [6.07, 6.45) is 8.36. The molecule has 1 saturated carbocycles. The van der Waals surface area contributed by atoms with E-state index in [1.807, 2.05) is 0 Å². The van der Waals surface area contributed by atoms with E-state index in [0.717, 1.165) is 17.9 Å². The Bertz CT molecular complexity index is 140. The van der Waals surface area contributed by atoms with Crippen molar-refractivity contribution < 1.29 is 0 Å². The van der Waals surface area contributed by atoms with Gasteiger partial charge in [-0.1, -0.05) is 33.6 Å². The first-order valence-electron chi connectivity index (χ1n) is 6.45. The Morgan fingerprint density at radius 1 is 1.14 bits per heavy atom. The molecule has 0 radical (unpaired) electrons. The van der Waals surface area contributed by atoms with E-state index < -0.39 is 0 Å². The van der Waals surface area contributed by atoms with Crippen LogP contribution in [-0.4, -0.2) is 12.6 Å². The highest BCUT2D eigenvalue weighted by molar-refractivity contribution is 4.80. The summed E-state index contributed by atoms with van der Waals surface area (Å²) >= 11 is 0. The molecule has 84 valence electrons. The first-order chi connectivity index (χ1) is 6.72. The minimum atomic E-state index is 0.885. The molecule has 0 aliphatic heterocycles. The fourth-order valence-corrected chi connectivity index (χ4v) is 2.24. The van der Waals surface area contributed by atoms with E-state index in [0.29, 0.717) is 0 Å². The van der Waals surface area contributed by atoms with E-state index in [1.165, 1.54) is 45.1 Å². The normalized spacial score (nSPS) is 20.8. The molecule has 1 nitrogen and oxygen atoms in total. The molecule has 0 bridgehead atoms. The maximum Gasteiger partial charge on any atom is 0.00682 e. The molecule has 0 spiro atoms. The Kier molecular flexibility index (Phi) is 5.54. The standard InChI is InChI=1S/C13H27N/c1-4-5-11(2)10-12(3)8-9-14-13-6-7-13/h11-14H,4-10H2,1-3H3. The molecule has 1 aliphatic rings. The van der Waals surface area contributed by atoms with Crippen molar-refractivity contribution in [2.24, 2.45) is 11.8 Å². The van der Waals surface area contributed by atoms with Gasteiger partial charge in [-0.2, -0.15) is 0 Å². The molecule has 1 heteroatoms. The van der Waals surface area contributed by atoms with Gasteiger partial charge in [-0.05, 0) is 44.1 Å². The summed E-state index contributed by atoms with van der Waals surface area (Å²) in [7, 11) is 0. The van der Waals surface area contributed by atoms with E-state index in [2.05, 4.69) is 26.1 Å². The van der Waals surface area contributed by atoms with E-state index >= 15 is 0 Å². The maximum absolute atomic E-state index is 3.59. The van der Waals surface area contributed by atoms with Crippen LogP contribution >= 0.6 is 0 Å². The molecule has 1 rings (SSSR count). The predicted molar refractivity (Wildman–Crippen MR) is 63.5 cm³/mol. The average molecular weight is 197 g/mol. The molecular weight excluding hydrogens is 170 g/mol. The molecule has 1 fully saturated rings. The molecular formula is C13H27N. The third-order valence-corrected chi connectivity index (χ3v) is 3.23. The highest BCUT2D eigenvalue weighted by Gasteiger charge is 2.20. The lowest BCUT2D eigenvalue weighted by molar-refractivity contribution is 0.369. The smallest absolute Gasteiger partial charge is 0.00682 e. The van der Waals surface area contributed by atoms with Crippen molar-refractivity contribution in [3.63, 3.8) is 0 Å². The van der Waals surface area contributed by atoms with Crippen LogP contribution in [0.15, 0.2) is 0 Å². The second-order valence-corrected chi connectivity index (χ2v) is 5.25. The fourth-order valence-electron chi connectivity index (χ4n) is 2.24. The zero-order valence-corrected chi connectivity index (χ0v) is 10.2. The van der Waals surface area contributed by atoms with E-state index in [4.69, 9.17) is 0 Å². The van der Waals surface area contributed by atoms with Gasteiger partial charge in [0, 0.05) is 6.04 Å². The van der Waals surface area contributed by atoms with Crippen molar-refractivity contribution in [3.05, 3.63) is 0 Å². The lowest BCUT2D eigenvalue weighted by Crippen LogP contribution is -2.20. The van der Waals surface area contributed by atoms with Gasteiger partial charge >= 0.3 is 0 Å². The lowest BCUT2D eigenvalue weighted by Gasteiger charge is -2.16. The Morgan fingerprint density at radius 2 is 1.79 bits per heavy atom. The molecule has 0 aromatic carbocycles. The van der Waals surface area contributed by atoms with Gasteiger partial charge in [-0.3, -0.25) is 0 Å². The molecule has 14 heavy (non-hydrogen) atoms. The Morgan fingerprint density at radius 3 is 2.36 bits per heavy atom. The summed E-state index contributed by atoms with van der Waals surface area (Å²) in [6, 6.07) is 0.885. The quantitative estimate of drug-likeness (QED) is 0.627. The Hall–Kier alpha value is -0.0400. The molecule has 1 N–H and O–H groups in total. The third-order valence-electron chi connectivity index (χ3n) is 3.23. The topological polar surface area (TPSA) is 12.0 Å². The first-order valence-corrected chi connectivity index (χ1v) is 6.45. The Labute approximate surface area is 89.7 Å². The van der Waals surface area contributed by atoms with Gasteiger partial charge in [-0.25, -0.2) is 0 Å². The third kappa shape index (κ3) is 5.64. The van der Waals surface area contributed by atoms with Crippen LogP contribution in [0.4, 0.5) is 0 Å². The van der Waals surface area contributed by atoms with Crippen LogP contribution in [0.2, 0.25) is 0 Å². The van der Waals surface area contributed by atoms with Crippen LogP contribution < -0.4 is 5.32 Å². The summed E-state index contributed by atoms with van der Waals surface area (Å²) < 4.78 is 0. The summed E-state index contributed by atoms with van der Waals surface area (Å²) in [5.41, 5.74) is 0. The van der Waals surface area contributed by atoms with Crippen molar-refractivity contribution in [1.29, 1.82) is 0 Å². The van der Waals surface area contributed by atoms with Crippen LogP contribution in [-0.2, 0) is 0 Å². The monoisotopic (exact) mass is 197 g/mol. The molecule has 0 saturated heterocycles. The van der Waals surface area contributed by atoms with Crippen LogP contribution in [0.1, 0.15) is 59.3 Å². The first kappa shape index (κ1) is 12.0. The molecule has 2 unspecified atom stereocenters. The second kappa shape index (κ2) is 6.44. The summed E-state index contributed by atoms with van der Waals surface area (Å²) in [5, 5.41) is 3.59. The average Bonchev–Trinajstić information content (AvgIpc) is 2.88. The molecule has 0 heterocycles. The highest BCUT2D eigenvalue weighted by atomic mass is 14.9. The van der Waals surface area contributed by atoms with Gasteiger partial charge in [0.05, 0.1) is 0 Å². The molecule has 1 aliphatic carbocycles. The number of hydrogen-bond acceptors (Lipinski definition) is 1. The molecule has 0 amide bonds. The molecule has 0 aromatic rings. The van der Waals surface area contributed by atoms with Gasteiger partial charge in [0.2, 0.25) is 0 Å². The largest absolute Gasteiger partial charge is 0.314 e. The molecule has 2 atom stereocenters. The van der Waals surface area contributed by atoms with Crippen molar-refractivity contribution in [3.8, 4) is 0 Å². The van der Waals surface area contributed by atoms with Gasteiger partial charge in [0.15, 0.2) is 0 Å². The SMILES string of the molecule is CCCC(C)CC(C)CCNC1CC1.